The number of likely N-dealkylation sites (N-methyl/N-ethyl adjacent to an activating group) is 1. The van der Waals surface area contributed by atoms with Crippen molar-refractivity contribution in [1.82, 2.24) is 14.5 Å². The fourth-order valence-corrected chi connectivity index (χ4v) is 5.67. The van der Waals surface area contributed by atoms with Gasteiger partial charge in [-0.2, -0.15) is 4.31 Å². The zero-order valence-electron chi connectivity index (χ0n) is 22.2. The summed E-state index contributed by atoms with van der Waals surface area (Å²) >= 11 is 9.39. The van der Waals surface area contributed by atoms with Crippen LogP contribution in [0.4, 0.5) is 0 Å². The van der Waals surface area contributed by atoms with Gasteiger partial charge in [-0.3, -0.25) is 9.59 Å². The highest BCUT2D eigenvalue weighted by Crippen LogP contribution is 2.21. The minimum absolute atomic E-state index is 0.0242. The van der Waals surface area contributed by atoms with E-state index in [4.69, 9.17) is 11.6 Å². The van der Waals surface area contributed by atoms with Gasteiger partial charge in [0.2, 0.25) is 21.8 Å². The second-order valence-electron chi connectivity index (χ2n) is 9.39. The van der Waals surface area contributed by atoms with Gasteiger partial charge in [-0.05, 0) is 60.9 Å². The minimum atomic E-state index is -3.97. The summed E-state index contributed by atoms with van der Waals surface area (Å²) in [6.07, 6.45) is 1.00. The van der Waals surface area contributed by atoms with Gasteiger partial charge in [0, 0.05) is 35.6 Å². The predicted octanol–water partition coefficient (Wildman–Crippen LogP) is 5.28. The number of halogens is 2. The third-order valence-electron chi connectivity index (χ3n) is 6.39. The molecule has 3 aromatic carbocycles. The molecular formula is C29H33BrClN3O4S. The van der Waals surface area contributed by atoms with Crippen molar-refractivity contribution < 1.29 is 18.0 Å². The van der Waals surface area contributed by atoms with Crippen LogP contribution >= 0.6 is 27.5 Å². The molecule has 0 fully saturated rings. The van der Waals surface area contributed by atoms with Gasteiger partial charge in [-0.1, -0.05) is 76.9 Å². The minimum Gasteiger partial charge on any atom is -0.352 e. The molecule has 0 aliphatic rings. The Balaban J connectivity index is 1.98. The summed E-state index contributed by atoms with van der Waals surface area (Å²) in [5, 5.41) is 3.42. The summed E-state index contributed by atoms with van der Waals surface area (Å²) in [7, 11) is -2.62. The second-order valence-corrected chi connectivity index (χ2v) is 12.8. The van der Waals surface area contributed by atoms with Crippen molar-refractivity contribution in [3.05, 3.63) is 99.5 Å². The molecule has 3 aromatic rings. The maximum Gasteiger partial charge on any atom is 0.243 e. The summed E-state index contributed by atoms with van der Waals surface area (Å²) in [5.41, 5.74) is 1.69. The van der Waals surface area contributed by atoms with Gasteiger partial charge in [-0.25, -0.2) is 8.42 Å². The van der Waals surface area contributed by atoms with E-state index < -0.39 is 28.5 Å². The van der Waals surface area contributed by atoms with Crippen molar-refractivity contribution >= 4 is 49.4 Å². The number of rotatable bonds is 12. The molecule has 0 heterocycles. The Bertz CT molecular complexity index is 1370. The number of nitrogens with zero attached hydrogens (tertiary/aromatic N) is 2. The highest BCUT2D eigenvalue weighted by atomic mass is 79.9. The van der Waals surface area contributed by atoms with Crippen LogP contribution in [-0.2, 0) is 32.6 Å². The highest BCUT2D eigenvalue weighted by molar-refractivity contribution is 9.10. The summed E-state index contributed by atoms with van der Waals surface area (Å²) in [4.78, 5) is 29.0. The maximum atomic E-state index is 13.9. The van der Waals surface area contributed by atoms with Crippen LogP contribution in [0.25, 0.3) is 0 Å². The number of hydrogen-bond acceptors (Lipinski definition) is 4. The van der Waals surface area contributed by atoms with E-state index in [1.165, 1.54) is 36.2 Å². The SMILES string of the molecule is CCC(C)NC(=O)C(Cc1ccccc1)N(Cc1cccc(Br)c1)C(=O)CN(C)S(=O)(=O)c1ccc(Cl)cc1. The van der Waals surface area contributed by atoms with E-state index in [1.54, 1.807) is 0 Å². The number of carbonyl (C=O) groups is 2. The molecule has 10 heteroatoms. The standard InChI is InChI=1S/C29H33BrClN3O4S/c1-4-21(2)32-29(36)27(18-22-9-6-5-7-10-22)34(19-23-11-8-12-24(30)17-23)28(35)20-33(3)39(37,38)26-15-13-25(31)14-16-26/h5-17,21,27H,4,18-20H2,1-3H3,(H,32,36). The Hall–Kier alpha value is -2.72. The molecule has 0 saturated heterocycles. The first kappa shape index (κ1) is 30.8. The van der Waals surface area contributed by atoms with Crippen molar-refractivity contribution in [3.8, 4) is 0 Å². The average molecular weight is 635 g/mol. The average Bonchev–Trinajstić information content (AvgIpc) is 2.91. The van der Waals surface area contributed by atoms with Crippen LogP contribution in [0.15, 0.2) is 88.2 Å². The Kier molecular flexibility index (Phi) is 11.1. The van der Waals surface area contributed by atoms with E-state index in [1.807, 2.05) is 68.4 Å². The Labute approximate surface area is 244 Å². The molecule has 0 aromatic heterocycles. The van der Waals surface area contributed by atoms with E-state index >= 15 is 0 Å². The van der Waals surface area contributed by atoms with Gasteiger partial charge in [-0.15, -0.1) is 0 Å². The van der Waals surface area contributed by atoms with E-state index in [9.17, 15) is 18.0 Å². The largest absolute Gasteiger partial charge is 0.352 e. The van der Waals surface area contributed by atoms with Crippen LogP contribution in [-0.4, -0.2) is 55.1 Å². The van der Waals surface area contributed by atoms with Crippen molar-refractivity contribution in [2.45, 2.75) is 50.2 Å². The molecular weight excluding hydrogens is 602 g/mol. The number of nitrogens with one attached hydrogen (secondary N) is 1. The van der Waals surface area contributed by atoms with Gasteiger partial charge in [0.25, 0.3) is 0 Å². The topological polar surface area (TPSA) is 86.8 Å². The summed E-state index contributed by atoms with van der Waals surface area (Å²) in [6, 6.07) is 21.7. The lowest BCUT2D eigenvalue weighted by atomic mass is 10.0. The monoisotopic (exact) mass is 633 g/mol. The smallest absolute Gasteiger partial charge is 0.243 e. The first-order valence-corrected chi connectivity index (χ1v) is 15.2. The first-order chi connectivity index (χ1) is 18.5. The second kappa shape index (κ2) is 14.1. The van der Waals surface area contributed by atoms with Gasteiger partial charge in [0.05, 0.1) is 11.4 Å². The molecule has 7 nitrogen and oxygen atoms in total. The summed E-state index contributed by atoms with van der Waals surface area (Å²) < 4.78 is 28.3. The molecule has 0 bridgehead atoms. The molecule has 2 amide bonds. The van der Waals surface area contributed by atoms with Gasteiger partial charge in [0.15, 0.2) is 0 Å². The van der Waals surface area contributed by atoms with E-state index in [0.29, 0.717) is 5.02 Å². The number of carbonyl (C=O) groups excluding carboxylic acids is 2. The fourth-order valence-electron chi connectivity index (χ4n) is 3.98. The normalized spacial score (nSPS) is 13.1. The molecule has 3 rings (SSSR count). The molecule has 2 atom stereocenters. The number of amides is 2. The molecule has 0 spiro atoms. The summed E-state index contributed by atoms with van der Waals surface area (Å²) in [6.45, 7) is 3.56. The molecule has 1 N–H and O–H groups in total. The molecule has 208 valence electrons. The Morgan fingerprint density at radius 3 is 2.23 bits per heavy atom. The van der Waals surface area contributed by atoms with Crippen molar-refractivity contribution in [1.29, 1.82) is 0 Å². The lowest BCUT2D eigenvalue weighted by Crippen LogP contribution is -2.54. The van der Waals surface area contributed by atoms with Crippen LogP contribution < -0.4 is 5.32 Å². The van der Waals surface area contributed by atoms with Crippen molar-refractivity contribution in [2.24, 2.45) is 0 Å². The molecule has 2 unspecified atom stereocenters. The van der Waals surface area contributed by atoms with E-state index in [0.717, 1.165) is 26.3 Å². The molecule has 0 aliphatic heterocycles. The first-order valence-electron chi connectivity index (χ1n) is 12.6. The third-order valence-corrected chi connectivity index (χ3v) is 8.96. The molecule has 0 radical (unpaired) electrons. The quantitative estimate of drug-likeness (QED) is 0.294. The van der Waals surface area contributed by atoms with Gasteiger partial charge >= 0.3 is 0 Å². The molecule has 0 saturated carbocycles. The van der Waals surface area contributed by atoms with E-state index in [-0.39, 0.29) is 29.8 Å². The lowest BCUT2D eigenvalue weighted by molar-refractivity contribution is -0.141. The van der Waals surface area contributed by atoms with Crippen LogP contribution in [0.3, 0.4) is 0 Å². The number of sulfonamides is 1. The van der Waals surface area contributed by atoms with Crippen molar-refractivity contribution in [3.63, 3.8) is 0 Å². The lowest BCUT2D eigenvalue weighted by Gasteiger charge is -2.33. The summed E-state index contributed by atoms with van der Waals surface area (Å²) in [5.74, 6) is -0.782. The van der Waals surface area contributed by atoms with Crippen LogP contribution in [0.5, 0.6) is 0 Å². The van der Waals surface area contributed by atoms with Crippen LogP contribution in [0.1, 0.15) is 31.4 Å². The van der Waals surface area contributed by atoms with Crippen LogP contribution in [0.2, 0.25) is 5.02 Å². The van der Waals surface area contributed by atoms with Crippen LogP contribution in [0, 0.1) is 0 Å². The molecule has 39 heavy (non-hydrogen) atoms. The number of benzene rings is 3. The third kappa shape index (κ3) is 8.63. The predicted molar refractivity (Wildman–Crippen MR) is 158 cm³/mol. The maximum absolute atomic E-state index is 13.9. The van der Waals surface area contributed by atoms with Gasteiger partial charge < -0.3 is 10.2 Å². The highest BCUT2D eigenvalue weighted by Gasteiger charge is 2.33. The van der Waals surface area contributed by atoms with Crippen molar-refractivity contribution in [2.75, 3.05) is 13.6 Å². The Morgan fingerprint density at radius 2 is 1.62 bits per heavy atom. The zero-order valence-corrected chi connectivity index (χ0v) is 25.3. The molecule has 0 aliphatic carbocycles. The zero-order chi connectivity index (χ0) is 28.6. The Morgan fingerprint density at radius 1 is 0.974 bits per heavy atom. The van der Waals surface area contributed by atoms with E-state index in [2.05, 4.69) is 21.2 Å². The fraction of sp³-hybridized carbons (Fsp3) is 0.310. The number of hydrogen-bond donors (Lipinski definition) is 1. The van der Waals surface area contributed by atoms with Gasteiger partial charge in [0.1, 0.15) is 6.04 Å².